The number of carboxylic acid groups (broad SMARTS) is 1. The molecule has 178 valence electrons. The van der Waals surface area contributed by atoms with E-state index in [9.17, 15) is 14.7 Å². The Morgan fingerprint density at radius 3 is 2.57 bits per heavy atom. The maximum absolute atomic E-state index is 13.8. The Hall–Kier alpha value is -4.17. The number of rotatable bonds is 6. The molecule has 9 heteroatoms. The summed E-state index contributed by atoms with van der Waals surface area (Å²) in [4.78, 5) is 32.7. The maximum Gasteiger partial charge on any atom is 0.335 e. The van der Waals surface area contributed by atoms with E-state index in [4.69, 9.17) is 21.7 Å². The molecule has 1 atom stereocenters. The highest BCUT2D eigenvalue weighted by Crippen LogP contribution is 2.40. The number of hydrogen-bond donors (Lipinski definition) is 2. The number of carbonyl (C=O) groups is 2. The van der Waals surface area contributed by atoms with Crippen LogP contribution in [0, 0.1) is 11.3 Å². The normalized spacial score (nSPS) is 15.8. The molecule has 4 rings (SSSR count). The van der Waals surface area contributed by atoms with Crippen molar-refractivity contribution in [2.45, 2.75) is 6.54 Å². The highest BCUT2D eigenvalue weighted by molar-refractivity contribution is 6.32. The van der Waals surface area contributed by atoms with Gasteiger partial charge in [-0.2, -0.15) is 0 Å². The van der Waals surface area contributed by atoms with E-state index >= 15 is 0 Å². The predicted octanol–water partition coefficient (Wildman–Crippen LogP) is 5.03. The molecule has 0 radical (unpaired) electrons. The van der Waals surface area contributed by atoms with E-state index in [0.29, 0.717) is 33.4 Å². The standard InChI is InChI=1S/C26H23ClN4O4/c1-30-21-11-10-18(27)13-22(21)31(19-6-4-3-5-7-19)25(32)20(24(30)28)15-29-14-17-9-8-16(26(33)34)12-23(17)35-2/h3-13,15,20,28H,14H2,1-2H3,(H,33,34). The summed E-state index contributed by atoms with van der Waals surface area (Å²) in [7, 11) is 3.18. The third kappa shape index (κ3) is 4.74. The van der Waals surface area contributed by atoms with Gasteiger partial charge in [0.25, 0.3) is 0 Å². The first kappa shape index (κ1) is 24.0. The number of anilines is 3. The number of halogens is 1. The number of aliphatic imine (C=N–C) groups is 1. The van der Waals surface area contributed by atoms with Gasteiger partial charge in [-0.25, -0.2) is 4.79 Å². The van der Waals surface area contributed by atoms with Crippen molar-refractivity contribution in [3.63, 3.8) is 0 Å². The zero-order chi connectivity index (χ0) is 25.1. The molecular weight excluding hydrogens is 468 g/mol. The van der Waals surface area contributed by atoms with Crippen molar-refractivity contribution in [2.75, 3.05) is 24.0 Å². The van der Waals surface area contributed by atoms with Crippen LogP contribution in [0.15, 0.2) is 71.7 Å². The van der Waals surface area contributed by atoms with Crippen molar-refractivity contribution in [1.29, 1.82) is 5.41 Å². The van der Waals surface area contributed by atoms with E-state index in [1.54, 1.807) is 41.1 Å². The number of benzene rings is 3. The van der Waals surface area contributed by atoms with Gasteiger partial charge in [0.15, 0.2) is 0 Å². The van der Waals surface area contributed by atoms with Crippen LogP contribution in [0.5, 0.6) is 5.75 Å². The SMILES string of the molecule is COc1cc(C(=O)O)ccc1CN=CC1C(=N)N(C)c2ccc(Cl)cc2N(c2ccccc2)C1=O. The minimum atomic E-state index is -1.06. The molecule has 1 unspecified atom stereocenters. The van der Waals surface area contributed by atoms with Crippen molar-refractivity contribution >= 4 is 52.6 Å². The molecule has 1 amide bonds. The van der Waals surface area contributed by atoms with Crippen LogP contribution in [-0.4, -0.2) is 43.2 Å². The van der Waals surface area contributed by atoms with Crippen molar-refractivity contribution in [2.24, 2.45) is 10.9 Å². The predicted molar refractivity (Wildman–Crippen MR) is 137 cm³/mol. The third-order valence-electron chi connectivity index (χ3n) is 5.75. The molecule has 2 N–H and O–H groups in total. The quantitative estimate of drug-likeness (QED) is 0.471. The summed E-state index contributed by atoms with van der Waals surface area (Å²) in [5.41, 5.74) is 2.64. The van der Waals surface area contributed by atoms with Gasteiger partial charge in [0, 0.05) is 29.5 Å². The molecule has 0 aliphatic carbocycles. The van der Waals surface area contributed by atoms with Gasteiger partial charge in [0.05, 0.1) is 30.6 Å². The molecule has 3 aromatic rings. The lowest BCUT2D eigenvalue weighted by atomic mass is 10.1. The van der Waals surface area contributed by atoms with Crippen LogP contribution in [0.3, 0.4) is 0 Å². The van der Waals surface area contributed by atoms with E-state index in [1.165, 1.54) is 25.5 Å². The molecular formula is C26H23ClN4O4. The largest absolute Gasteiger partial charge is 0.496 e. The van der Waals surface area contributed by atoms with Crippen LogP contribution >= 0.6 is 11.6 Å². The molecule has 0 spiro atoms. The number of amidine groups is 1. The minimum Gasteiger partial charge on any atom is -0.496 e. The number of hydrogen-bond acceptors (Lipinski definition) is 5. The molecule has 35 heavy (non-hydrogen) atoms. The highest BCUT2D eigenvalue weighted by atomic mass is 35.5. The van der Waals surface area contributed by atoms with Gasteiger partial charge >= 0.3 is 5.97 Å². The van der Waals surface area contributed by atoms with Crippen LogP contribution in [0.1, 0.15) is 15.9 Å². The number of nitrogens with zero attached hydrogens (tertiary/aromatic N) is 3. The Kier molecular flexibility index (Phi) is 6.84. The summed E-state index contributed by atoms with van der Waals surface area (Å²) >= 11 is 6.28. The molecule has 0 aromatic heterocycles. The Morgan fingerprint density at radius 2 is 1.89 bits per heavy atom. The summed E-state index contributed by atoms with van der Waals surface area (Å²) in [6, 6.07) is 18.9. The number of ether oxygens (including phenoxy) is 1. The van der Waals surface area contributed by atoms with Crippen molar-refractivity contribution < 1.29 is 19.4 Å². The first-order chi connectivity index (χ1) is 16.8. The average molecular weight is 491 g/mol. The van der Waals surface area contributed by atoms with Crippen molar-refractivity contribution in [1.82, 2.24) is 0 Å². The second-order valence-corrected chi connectivity index (χ2v) is 8.32. The zero-order valence-corrected chi connectivity index (χ0v) is 19.9. The fraction of sp³-hybridized carbons (Fsp3) is 0.154. The van der Waals surface area contributed by atoms with Crippen molar-refractivity contribution in [3.05, 3.63) is 82.9 Å². The number of para-hydroxylation sites is 1. The summed E-state index contributed by atoms with van der Waals surface area (Å²) in [5.74, 6) is -1.91. The van der Waals surface area contributed by atoms with E-state index in [0.717, 1.165) is 0 Å². The Morgan fingerprint density at radius 1 is 1.14 bits per heavy atom. The lowest BCUT2D eigenvalue weighted by Gasteiger charge is -2.24. The lowest BCUT2D eigenvalue weighted by molar-refractivity contribution is -0.118. The molecule has 0 saturated carbocycles. The van der Waals surface area contributed by atoms with Gasteiger partial charge in [0.2, 0.25) is 5.91 Å². The van der Waals surface area contributed by atoms with E-state index in [2.05, 4.69) is 4.99 Å². The van der Waals surface area contributed by atoms with E-state index in [-0.39, 0.29) is 23.9 Å². The van der Waals surface area contributed by atoms with Crippen LogP contribution in [-0.2, 0) is 11.3 Å². The number of fused-ring (bicyclic) bond motifs is 1. The second kappa shape index (κ2) is 9.99. The van der Waals surface area contributed by atoms with Crippen molar-refractivity contribution in [3.8, 4) is 5.75 Å². The van der Waals surface area contributed by atoms with Gasteiger partial charge in [-0.05, 0) is 42.5 Å². The summed E-state index contributed by atoms with van der Waals surface area (Å²) in [6.07, 6.45) is 1.45. The maximum atomic E-state index is 13.8. The molecule has 0 fully saturated rings. The van der Waals surface area contributed by atoms with Gasteiger partial charge in [-0.1, -0.05) is 35.9 Å². The van der Waals surface area contributed by atoms with Gasteiger partial charge < -0.3 is 14.7 Å². The Bertz CT molecular complexity index is 1330. The number of amides is 1. The number of carbonyl (C=O) groups excluding carboxylic acids is 1. The Labute approximate surface area is 207 Å². The van der Waals surface area contributed by atoms with Crippen LogP contribution in [0.2, 0.25) is 5.02 Å². The first-order valence-electron chi connectivity index (χ1n) is 10.7. The van der Waals surface area contributed by atoms with Gasteiger partial charge in [-0.15, -0.1) is 0 Å². The topological polar surface area (TPSA) is 106 Å². The Balaban J connectivity index is 1.71. The molecule has 1 aliphatic heterocycles. The average Bonchev–Trinajstić information content (AvgIpc) is 2.93. The minimum absolute atomic E-state index is 0.0638. The molecule has 1 aliphatic rings. The highest BCUT2D eigenvalue weighted by Gasteiger charge is 2.36. The number of carboxylic acids is 1. The molecule has 8 nitrogen and oxygen atoms in total. The van der Waals surface area contributed by atoms with E-state index in [1.807, 2.05) is 30.3 Å². The second-order valence-electron chi connectivity index (χ2n) is 7.89. The summed E-state index contributed by atoms with van der Waals surface area (Å²) in [6.45, 7) is 0.147. The number of nitrogens with one attached hydrogen (secondary N) is 1. The molecule has 0 saturated heterocycles. The fourth-order valence-electron chi connectivity index (χ4n) is 3.91. The molecule has 0 bridgehead atoms. The summed E-state index contributed by atoms with van der Waals surface area (Å²) in [5, 5.41) is 18.4. The molecule has 1 heterocycles. The van der Waals surface area contributed by atoms with Crippen LogP contribution < -0.4 is 14.5 Å². The monoisotopic (exact) mass is 490 g/mol. The zero-order valence-electron chi connectivity index (χ0n) is 19.1. The fourth-order valence-corrected chi connectivity index (χ4v) is 4.08. The lowest BCUT2D eigenvalue weighted by Crippen LogP contribution is -2.39. The van der Waals surface area contributed by atoms with Gasteiger partial charge in [0.1, 0.15) is 17.5 Å². The number of methoxy groups -OCH3 is 1. The summed E-state index contributed by atoms with van der Waals surface area (Å²) < 4.78 is 5.31. The smallest absolute Gasteiger partial charge is 0.335 e. The van der Waals surface area contributed by atoms with Crippen LogP contribution in [0.4, 0.5) is 17.1 Å². The molecule has 3 aromatic carbocycles. The first-order valence-corrected chi connectivity index (χ1v) is 11.1. The van der Waals surface area contributed by atoms with Gasteiger partial charge in [-0.3, -0.25) is 20.1 Å². The number of aromatic carboxylic acids is 1. The van der Waals surface area contributed by atoms with Crippen LogP contribution in [0.25, 0.3) is 0 Å². The van der Waals surface area contributed by atoms with E-state index < -0.39 is 11.9 Å². The third-order valence-corrected chi connectivity index (χ3v) is 5.98.